The molecule has 3 heterocycles. The van der Waals surface area contributed by atoms with Crippen LogP contribution in [0.15, 0.2) is 52.9 Å². The van der Waals surface area contributed by atoms with Gasteiger partial charge in [-0.2, -0.15) is 26.3 Å². The van der Waals surface area contributed by atoms with Gasteiger partial charge in [0, 0.05) is 64.5 Å². The number of nitrogens with zero attached hydrogens (tertiary/aromatic N) is 6. The zero-order valence-corrected chi connectivity index (χ0v) is 28.7. The number of ketones is 1. The van der Waals surface area contributed by atoms with Crippen molar-refractivity contribution in [3.05, 3.63) is 71.1 Å². The Kier molecular flexibility index (Phi) is 13.8. The van der Waals surface area contributed by atoms with Gasteiger partial charge in [-0.15, -0.1) is 10.2 Å². The Labute approximate surface area is 299 Å². The number of urea groups is 2. The van der Waals surface area contributed by atoms with E-state index in [0.29, 0.717) is 71.3 Å². The maximum Gasteiger partial charge on any atom is 0.471 e. The molecule has 53 heavy (non-hydrogen) atoms. The molecule has 0 unspecified atom stereocenters. The van der Waals surface area contributed by atoms with Crippen LogP contribution in [0.1, 0.15) is 27.4 Å². The van der Waals surface area contributed by atoms with Gasteiger partial charge in [-0.1, -0.05) is 36.4 Å². The highest BCUT2D eigenvalue weighted by Crippen LogP contribution is 2.30. The van der Waals surface area contributed by atoms with E-state index in [4.69, 9.17) is 9.47 Å². The SMILES string of the molecule is CN(Cc1ccc(-c2nnc(C(F)(F)F)o2)cc1)C(=O)N1CCOCC1.CN(Cc1ccc(C(=O)CNC(=O)C(F)(F)F)cc1)C(=O)N1CCOCC1. The van der Waals surface area contributed by atoms with Crippen molar-refractivity contribution in [3.63, 3.8) is 0 Å². The lowest BCUT2D eigenvalue weighted by molar-refractivity contribution is -0.173. The first-order chi connectivity index (χ1) is 25.0. The molecule has 2 aromatic carbocycles. The molecule has 3 aromatic rings. The van der Waals surface area contributed by atoms with Crippen LogP contribution in [0.3, 0.4) is 0 Å². The quantitative estimate of drug-likeness (QED) is 0.265. The number of carbonyl (C=O) groups is 4. The zero-order valence-electron chi connectivity index (χ0n) is 28.7. The van der Waals surface area contributed by atoms with E-state index >= 15 is 0 Å². The topological polar surface area (TPSA) is 151 Å². The molecular formula is C33H37F6N7O7. The highest BCUT2D eigenvalue weighted by molar-refractivity contribution is 5.99. The average molecular weight is 758 g/mol. The number of rotatable bonds is 8. The van der Waals surface area contributed by atoms with Crippen LogP contribution < -0.4 is 5.32 Å². The van der Waals surface area contributed by atoms with Gasteiger partial charge in [0.1, 0.15) is 0 Å². The molecule has 288 valence electrons. The molecule has 5 rings (SSSR count). The van der Waals surface area contributed by atoms with Crippen molar-refractivity contribution in [2.75, 3.05) is 73.2 Å². The molecule has 0 spiro atoms. The number of halogens is 6. The van der Waals surface area contributed by atoms with Crippen molar-refractivity contribution in [1.29, 1.82) is 0 Å². The summed E-state index contributed by atoms with van der Waals surface area (Å²) in [6.45, 7) is 4.16. The number of hydrogen-bond donors (Lipinski definition) is 1. The highest BCUT2D eigenvalue weighted by atomic mass is 19.4. The molecule has 2 saturated heterocycles. The lowest BCUT2D eigenvalue weighted by Gasteiger charge is -2.31. The predicted molar refractivity (Wildman–Crippen MR) is 173 cm³/mol. The Balaban J connectivity index is 0.000000237. The third-order valence-corrected chi connectivity index (χ3v) is 7.87. The first-order valence-electron chi connectivity index (χ1n) is 16.2. The summed E-state index contributed by atoms with van der Waals surface area (Å²) in [4.78, 5) is 53.8. The molecule has 5 amide bonds. The molecule has 2 aliphatic rings. The third-order valence-electron chi connectivity index (χ3n) is 7.87. The molecule has 20 heteroatoms. The third kappa shape index (κ3) is 11.9. The van der Waals surface area contributed by atoms with E-state index in [1.165, 1.54) is 22.3 Å². The summed E-state index contributed by atoms with van der Waals surface area (Å²) in [6.07, 6.45) is -9.70. The summed E-state index contributed by atoms with van der Waals surface area (Å²) in [5, 5.41) is 7.95. The van der Waals surface area contributed by atoms with Crippen LogP contribution in [0.25, 0.3) is 11.5 Å². The maximum absolute atomic E-state index is 12.5. The molecule has 0 atom stereocenters. The molecule has 0 radical (unpaired) electrons. The van der Waals surface area contributed by atoms with Gasteiger partial charge in [0.15, 0.2) is 5.78 Å². The van der Waals surface area contributed by atoms with Gasteiger partial charge in [0.2, 0.25) is 5.89 Å². The van der Waals surface area contributed by atoms with E-state index in [1.54, 1.807) is 65.2 Å². The Morgan fingerprint density at radius 3 is 1.58 bits per heavy atom. The number of benzene rings is 2. The van der Waals surface area contributed by atoms with Crippen molar-refractivity contribution < 1.29 is 59.4 Å². The van der Waals surface area contributed by atoms with E-state index in [9.17, 15) is 45.5 Å². The van der Waals surface area contributed by atoms with E-state index in [-0.39, 0.29) is 23.5 Å². The van der Waals surface area contributed by atoms with Crippen LogP contribution in [0.4, 0.5) is 35.9 Å². The zero-order chi connectivity index (χ0) is 38.8. The van der Waals surface area contributed by atoms with Crippen molar-refractivity contribution in [3.8, 4) is 11.5 Å². The van der Waals surface area contributed by atoms with Crippen molar-refractivity contribution in [1.82, 2.24) is 35.1 Å². The van der Waals surface area contributed by atoms with Crippen molar-refractivity contribution in [2.24, 2.45) is 0 Å². The van der Waals surface area contributed by atoms with Crippen molar-refractivity contribution in [2.45, 2.75) is 25.4 Å². The smallest absolute Gasteiger partial charge is 0.413 e. The second-order valence-corrected chi connectivity index (χ2v) is 11.9. The largest absolute Gasteiger partial charge is 0.471 e. The molecule has 14 nitrogen and oxygen atoms in total. The van der Waals surface area contributed by atoms with E-state index in [0.717, 1.165) is 11.1 Å². The molecule has 2 fully saturated rings. The number of morpholine rings is 2. The Morgan fingerprint density at radius 1 is 0.717 bits per heavy atom. The van der Waals surface area contributed by atoms with Crippen LogP contribution in [-0.4, -0.2) is 133 Å². The van der Waals surface area contributed by atoms with Crippen molar-refractivity contribution >= 4 is 23.8 Å². The minimum Gasteiger partial charge on any atom is -0.413 e. The molecule has 0 saturated carbocycles. The minimum atomic E-state index is -5.03. The number of aromatic nitrogens is 2. The normalized spacial score (nSPS) is 14.9. The van der Waals surface area contributed by atoms with Gasteiger partial charge in [-0.05, 0) is 23.3 Å². The highest BCUT2D eigenvalue weighted by Gasteiger charge is 2.39. The number of amides is 5. The standard InChI is InChI=1S/C17H20F3N3O4.C16H17F3N4O3/c1-22(16(26)23-6-8-27-9-7-23)11-12-2-4-13(5-3-12)14(24)10-21-15(25)17(18,19)20;1-22(15(24)23-6-8-25-9-7-23)10-11-2-4-12(5-3-11)13-20-21-14(26-13)16(17,18)19/h2-5H,6-11H2,1H3,(H,21,25);2-5H,6-10H2,1H3. The number of Topliss-reactive ketones (excluding diaryl/α,β-unsaturated/α-hetero) is 1. The minimum absolute atomic E-state index is 0.0934. The predicted octanol–water partition coefficient (Wildman–Crippen LogP) is 4.07. The molecule has 0 bridgehead atoms. The molecule has 0 aliphatic carbocycles. The van der Waals surface area contributed by atoms with Gasteiger partial charge >= 0.3 is 36.2 Å². The number of carbonyl (C=O) groups excluding carboxylic acids is 4. The van der Waals surface area contributed by atoms with E-state index in [1.807, 2.05) is 0 Å². The second kappa shape index (κ2) is 18.0. The molecule has 1 aromatic heterocycles. The number of ether oxygens (including phenoxy) is 2. The van der Waals surface area contributed by atoms with Gasteiger partial charge in [-0.25, -0.2) is 9.59 Å². The van der Waals surface area contributed by atoms with Crippen LogP contribution in [0, 0.1) is 0 Å². The number of hydrogen-bond acceptors (Lipinski definition) is 9. The van der Waals surface area contributed by atoms with Crippen LogP contribution in [0.2, 0.25) is 0 Å². The Bertz CT molecular complexity index is 1690. The number of alkyl halides is 6. The molecule has 1 N–H and O–H groups in total. The van der Waals surface area contributed by atoms with Gasteiger partial charge in [0.25, 0.3) is 0 Å². The van der Waals surface area contributed by atoms with Gasteiger partial charge < -0.3 is 38.8 Å². The summed E-state index contributed by atoms with van der Waals surface area (Å²) in [5.74, 6) is -4.39. The Morgan fingerprint density at radius 2 is 1.17 bits per heavy atom. The fourth-order valence-corrected chi connectivity index (χ4v) is 5.04. The summed E-state index contributed by atoms with van der Waals surface area (Å²) in [7, 11) is 3.35. The van der Waals surface area contributed by atoms with Crippen LogP contribution in [-0.2, 0) is 33.5 Å². The fraction of sp³-hybridized carbons (Fsp3) is 0.455. The first kappa shape index (κ1) is 40.5. The second-order valence-electron chi connectivity index (χ2n) is 11.9. The average Bonchev–Trinajstić information content (AvgIpc) is 3.66. The van der Waals surface area contributed by atoms with Gasteiger partial charge in [-0.3, -0.25) is 9.59 Å². The lowest BCUT2D eigenvalue weighted by Crippen LogP contribution is -2.46. The van der Waals surface area contributed by atoms with E-state index in [2.05, 4.69) is 14.6 Å². The molecule has 2 aliphatic heterocycles. The summed E-state index contributed by atoms with van der Waals surface area (Å²) in [6, 6.07) is 12.5. The fourth-order valence-electron chi connectivity index (χ4n) is 5.04. The summed E-state index contributed by atoms with van der Waals surface area (Å²) >= 11 is 0. The van der Waals surface area contributed by atoms with Crippen LogP contribution in [0.5, 0.6) is 0 Å². The van der Waals surface area contributed by atoms with Crippen LogP contribution >= 0.6 is 0 Å². The number of nitrogens with one attached hydrogen (secondary N) is 1. The summed E-state index contributed by atoms with van der Waals surface area (Å²) in [5.41, 5.74) is 2.13. The monoisotopic (exact) mass is 757 g/mol. The lowest BCUT2D eigenvalue weighted by atomic mass is 10.1. The van der Waals surface area contributed by atoms with Gasteiger partial charge in [0.05, 0.1) is 33.0 Å². The maximum atomic E-state index is 12.5. The first-order valence-corrected chi connectivity index (χ1v) is 16.2. The van der Waals surface area contributed by atoms with E-state index < -0.39 is 36.5 Å². The Hall–Kier alpha value is -5.24. The molecular weight excluding hydrogens is 720 g/mol. The summed E-state index contributed by atoms with van der Waals surface area (Å²) < 4.78 is 88.9.